The number of aryl methyl sites for hydroxylation is 1. The minimum absolute atomic E-state index is 0.172. The van der Waals surface area contributed by atoms with Gasteiger partial charge in [-0.25, -0.2) is 4.98 Å². The fourth-order valence-electron chi connectivity index (χ4n) is 3.28. The molecule has 0 radical (unpaired) electrons. The summed E-state index contributed by atoms with van der Waals surface area (Å²) in [6.07, 6.45) is 1.24. The number of rotatable bonds is 2. The number of hydrogen-bond acceptors (Lipinski definition) is 3. The monoisotopic (exact) mass is 324 g/mol. The van der Waals surface area contributed by atoms with E-state index in [1.807, 2.05) is 6.08 Å². The third-order valence-corrected chi connectivity index (χ3v) is 4.41. The maximum Gasteiger partial charge on any atom is 0.406 e. The Bertz CT molecular complexity index is 771. The SMILES string of the molecule is CCc1nc2c(n1CC(F)(F)F)C(=O)C(=O)C1=CC=CCC12C. The van der Waals surface area contributed by atoms with Gasteiger partial charge in [0.15, 0.2) is 0 Å². The van der Waals surface area contributed by atoms with E-state index >= 15 is 0 Å². The van der Waals surface area contributed by atoms with Crippen molar-refractivity contribution in [1.29, 1.82) is 0 Å². The zero-order valence-corrected chi connectivity index (χ0v) is 12.7. The van der Waals surface area contributed by atoms with Gasteiger partial charge in [-0.3, -0.25) is 9.59 Å². The van der Waals surface area contributed by atoms with Gasteiger partial charge in [0, 0.05) is 17.4 Å². The van der Waals surface area contributed by atoms with Gasteiger partial charge in [0.1, 0.15) is 18.1 Å². The molecule has 2 aliphatic carbocycles. The molecule has 4 nitrogen and oxygen atoms in total. The molecule has 1 atom stereocenters. The largest absolute Gasteiger partial charge is 0.406 e. The van der Waals surface area contributed by atoms with Crippen LogP contribution < -0.4 is 0 Å². The standard InChI is InChI=1S/C16H15F3N2O2/c1-3-10-20-14-11(21(10)8-16(17,18)19)13(23)12(22)9-6-4-5-7-15(9,14)2/h4-6H,3,7-8H2,1-2H3. The number of allylic oxidation sites excluding steroid dienone is 4. The lowest BCUT2D eigenvalue weighted by atomic mass is 9.67. The maximum absolute atomic E-state index is 12.9. The number of carbonyl (C=O) groups is 2. The van der Waals surface area contributed by atoms with Crippen molar-refractivity contribution in [2.45, 2.75) is 44.8 Å². The number of halogens is 3. The zero-order chi connectivity index (χ0) is 17.0. The highest BCUT2D eigenvalue weighted by Crippen LogP contribution is 2.44. The molecular formula is C16H15F3N2O2. The van der Waals surface area contributed by atoms with E-state index in [1.165, 1.54) is 0 Å². The molecule has 2 aliphatic rings. The van der Waals surface area contributed by atoms with Crippen LogP contribution in [0.15, 0.2) is 23.8 Å². The van der Waals surface area contributed by atoms with E-state index < -0.39 is 29.7 Å². The van der Waals surface area contributed by atoms with Gasteiger partial charge in [-0.1, -0.05) is 25.2 Å². The molecule has 1 unspecified atom stereocenters. The van der Waals surface area contributed by atoms with Crippen LogP contribution in [0.25, 0.3) is 0 Å². The summed E-state index contributed by atoms with van der Waals surface area (Å²) in [5.74, 6) is -1.48. The number of nitrogens with zero attached hydrogens (tertiary/aromatic N) is 2. The summed E-state index contributed by atoms with van der Waals surface area (Å²) in [6.45, 7) is 2.10. The van der Waals surface area contributed by atoms with E-state index in [4.69, 9.17) is 0 Å². The van der Waals surface area contributed by atoms with Crippen LogP contribution in [0.4, 0.5) is 13.2 Å². The number of hydrogen-bond donors (Lipinski definition) is 0. The topological polar surface area (TPSA) is 52.0 Å². The lowest BCUT2D eigenvalue weighted by Crippen LogP contribution is -2.41. The average molecular weight is 324 g/mol. The van der Waals surface area contributed by atoms with Crippen LogP contribution in [-0.4, -0.2) is 27.3 Å². The molecule has 0 aromatic carbocycles. The molecule has 1 aromatic heterocycles. The van der Waals surface area contributed by atoms with Crippen molar-refractivity contribution in [3.63, 3.8) is 0 Å². The first-order valence-electron chi connectivity index (χ1n) is 7.32. The van der Waals surface area contributed by atoms with Crippen LogP contribution in [0.2, 0.25) is 0 Å². The number of ketones is 2. The van der Waals surface area contributed by atoms with Crippen molar-refractivity contribution in [2.24, 2.45) is 0 Å². The molecule has 122 valence electrons. The van der Waals surface area contributed by atoms with E-state index in [0.717, 1.165) is 4.57 Å². The Morgan fingerprint density at radius 3 is 2.61 bits per heavy atom. The fourth-order valence-corrected chi connectivity index (χ4v) is 3.28. The molecule has 0 saturated carbocycles. The number of Topliss-reactive ketones (excluding diaryl/α,β-unsaturated/α-hetero) is 2. The quantitative estimate of drug-likeness (QED) is 0.786. The van der Waals surface area contributed by atoms with Gasteiger partial charge < -0.3 is 4.57 Å². The molecule has 1 heterocycles. The third-order valence-electron chi connectivity index (χ3n) is 4.41. The van der Waals surface area contributed by atoms with Crippen molar-refractivity contribution >= 4 is 11.6 Å². The van der Waals surface area contributed by atoms with Crippen molar-refractivity contribution in [3.8, 4) is 0 Å². The van der Waals surface area contributed by atoms with Gasteiger partial charge in [0.25, 0.3) is 5.78 Å². The van der Waals surface area contributed by atoms with Crippen molar-refractivity contribution < 1.29 is 22.8 Å². The summed E-state index contributed by atoms with van der Waals surface area (Å²) < 4.78 is 39.5. The second kappa shape index (κ2) is 4.91. The van der Waals surface area contributed by atoms with E-state index in [2.05, 4.69) is 4.98 Å². The Kier molecular flexibility index (Phi) is 3.35. The molecule has 0 saturated heterocycles. The van der Waals surface area contributed by atoms with Crippen molar-refractivity contribution in [2.75, 3.05) is 0 Å². The second-order valence-corrected chi connectivity index (χ2v) is 5.98. The Balaban J connectivity index is 2.27. The lowest BCUT2D eigenvalue weighted by Gasteiger charge is -2.34. The maximum atomic E-state index is 12.9. The van der Waals surface area contributed by atoms with Gasteiger partial charge in [-0.15, -0.1) is 0 Å². The second-order valence-electron chi connectivity index (χ2n) is 5.98. The molecule has 0 N–H and O–H groups in total. The van der Waals surface area contributed by atoms with Crippen LogP contribution in [0.1, 0.15) is 42.3 Å². The number of aromatic nitrogens is 2. The van der Waals surface area contributed by atoms with E-state index in [-0.39, 0.29) is 23.6 Å². The molecule has 1 aromatic rings. The molecule has 3 rings (SSSR count). The number of fused-ring (bicyclic) bond motifs is 3. The van der Waals surface area contributed by atoms with Gasteiger partial charge in [-0.2, -0.15) is 13.2 Å². The van der Waals surface area contributed by atoms with Gasteiger partial charge in [0.2, 0.25) is 5.78 Å². The van der Waals surface area contributed by atoms with E-state index in [9.17, 15) is 22.8 Å². The third kappa shape index (κ3) is 2.26. The average Bonchev–Trinajstić information content (AvgIpc) is 2.82. The van der Waals surface area contributed by atoms with Gasteiger partial charge in [0.05, 0.1) is 5.69 Å². The normalized spacial score (nSPS) is 23.6. The highest BCUT2D eigenvalue weighted by atomic mass is 19.4. The van der Waals surface area contributed by atoms with E-state index in [1.54, 1.807) is 26.0 Å². The molecule has 0 fully saturated rings. The van der Waals surface area contributed by atoms with Gasteiger partial charge >= 0.3 is 6.18 Å². The van der Waals surface area contributed by atoms with Gasteiger partial charge in [-0.05, 0) is 13.3 Å². The van der Waals surface area contributed by atoms with Crippen LogP contribution in [0, 0.1) is 0 Å². The van der Waals surface area contributed by atoms with Crippen LogP contribution in [0.5, 0.6) is 0 Å². The molecule has 7 heteroatoms. The summed E-state index contributed by atoms with van der Waals surface area (Å²) in [5.41, 5.74) is -0.481. The molecule has 0 aliphatic heterocycles. The van der Waals surface area contributed by atoms with E-state index in [0.29, 0.717) is 12.0 Å². The summed E-state index contributed by atoms with van der Waals surface area (Å²) in [4.78, 5) is 29.1. The highest BCUT2D eigenvalue weighted by molar-refractivity contribution is 6.50. The fraction of sp³-hybridized carbons (Fsp3) is 0.438. The molecule has 23 heavy (non-hydrogen) atoms. The van der Waals surface area contributed by atoms with Crippen LogP contribution in [0.3, 0.4) is 0 Å². The summed E-state index contributed by atoms with van der Waals surface area (Å²) >= 11 is 0. The Labute approximate surface area is 130 Å². The summed E-state index contributed by atoms with van der Waals surface area (Å²) in [5, 5.41) is 0. The highest BCUT2D eigenvalue weighted by Gasteiger charge is 2.49. The predicted molar refractivity (Wildman–Crippen MR) is 76.2 cm³/mol. The van der Waals surface area contributed by atoms with Crippen molar-refractivity contribution in [1.82, 2.24) is 9.55 Å². The Morgan fingerprint density at radius 1 is 1.30 bits per heavy atom. The minimum atomic E-state index is -4.49. The molecule has 0 bridgehead atoms. The Morgan fingerprint density at radius 2 is 2.00 bits per heavy atom. The lowest BCUT2D eigenvalue weighted by molar-refractivity contribution is -0.141. The first kappa shape index (κ1) is 15.7. The molecule has 0 spiro atoms. The van der Waals surface area contributed by atoms with Crippen LogP contribution in [-0.2, 0) is 23.2 Å². The predicted octanol–water partition coefficient (Wildman–Crippen LogP) is 2.92. The molecule has 0 amide bonds. The number of alkyl halides is 3. The van der Waals surface area contributed by atoms with Crippen molar-refractivity contribution in [3.05, 3.63) is 41.0 Å². The number of imidazole rings is 1. The summed E-state index contributed by atoms with van der Waals surface area (Å²) in [6, 6.07) is 0. The first-order valence-corrected chi connectivity index (χ1v) is 7.32. The molecular weight excluding hydrogens is 309 g/mol. The zero-order valence-electron chi connectivity index (χ0n) is 12.7. The number of carbonyl (C=O) groups excluding carboxylic acids is 2. The smallest absolute Gasteiger partial charge is 0.316 e. The first-order chi connectivity index (χ1) is 10.7. The summed E-state index contributed by atoms with van der Waals surface area (Å²) in [7, 11) is 0. The minimum Gasteiger partial charge on any atom is -0.316 e. The van der Waals surface area contributed by atoms with Crippen LogP contribution >= 0.6 is 0 Å². The Hall–Kier alpha value is -2.18.